The Balaban J connectivity index is 7.22. The van der Waals surface area contributed by atoms with Gasteiger partial charge in [-0.2, -0.15) is 0 Å². The zero-order chi connectivity index (χ0) is 36.3. The number of aliphatic hydroxyl groups is 1. The first kappa shape index (κ1) is 48.4. The zero-order valence-electron chi connectivity index (χ0n) is 33.6. The van der Waals surface area contributed by atoms with Crippen LogP contribution in [-0.4, -0.2) is 86.9 Å². The van der Waals surface area contributed by atoms with Crippen molar-refractivity contribution in [2.24, 2.45) is 41.4 Å². The Labute approximate surface area is 307 Å². The molecule has 8 nitrogen and oxygen atoms in total. The van der Waals surface area contributed by atoms with Crippen LogP contribution in [-0.2, 0) is 28.8 Å². The van der Waals surface area contributed by atoms with Gasteiger partial charge in [-0.05, 0) is 96.2 Å². The monoisotopic (exact) mass is 804 g/mol. The predicted molar refractivity (Wildman–Crippen MR) is 222 cm³/mol. The summed E-state index contributed by atoms with van der Waals surface area (Å²) in [6, 6.07) is 8.03. The molecule has 0 amide bonds. The van der Waals surface area contributed by atoms with Gasteiger partial charge < -0.3 is 33.9 Å². The van der Waals surface area contributed by atoms with Crippen molar-refractivity contribution in [2.75, 3.05) is 6.61 Å². The fraction of sp³-hybridized carbons (Fsp3) is 1.00. The molecule has 1 unspecified atom stereocenters. The number of rotatable bonds is 30. The lowest BCUT2D eigenvalue weighted by Gasteiger charge is -2.49. The van der Waals surface area contributed by atoms with Crippen LogP contribution in [0.15, 0.2) is 0 Å². The van der Waals surface area contributed by atoms with Gasteiger partial charge in [0, 0.05) is 6.61 Å². The molecule has 0 spiro atoms. The molecule has 0 radical (unpaired) electrons. The van der Waals surface area contributed by atoms with Gasteiger partial charge >= 0.3 is 26.4 Å². The Kier molecular flexibility index (Phi) is 26.2. The van der Waals surface area contributed by atoms with Gasteiger partial charge in [0.2, 0.25) is 0 Å². The summed E-state index contributed by atoms with van der Waals surface area (Å²) in [5.41, 5.74) is 0. The Morgan fingerprint density at radius 1 is 0.574 bits per heavy atom. The van der Waals surface area contributed by atoms with Crippen molar-refractivity contribution in [1.29, 1.82) is 0 Å². The molecule has 0 rings (SSSR count). The molecule has 0 aromatic rings. The van der Waals surface area contributed by atoms with Crippen LogP contribution in [0.4, 0.5) is 0 Å². The minimum Gasteiger partial charge on any atom is -0.449 e. The molecule has 0 aliphatic rings. The maximum Gasteiger partial charge on any atom is 0.320 e. The van der Waals surface area contributed by atoms with Gasteiger partial charge in [-0.25, -0.2) is 0 Å². The van der Waals surface area contributed by atoms with Gasteiger partial charge in [0.15, 0.2) is 8.32 Å². The average molecular weight is 806 g/mol. The summed E-state index contributed by atoms with van der Waals surface area (Å²) in [7, 11) is -12.4. The van der Waals surface area contributed by atoms with Crippen molar-refractivity contribution in [3.8, 4) is 0 Å². The van der Waals surface area contributed by atoms with Crippen LogP contribution in [0.3, 0.4) is 0 Å². The summed E-state index contributed by atoms with van der Waals surface area (Å²) in [5, 5.41) is 10.1. The van der Waals surface area contributed by atoms with Crippen LogP contribution in [0.25, 0.3) is 0 Å². The molecule has 1 N–H and O–H groups in total. The molecule has 0 aromatic heterocycles. The highest BCUT2D eigenvalue weighted by Gasteiger charge is 2.54. The minimum atomic E-state index is -2.83. The third kappa shape index (κ3) is 22.9. The number of hydrogen-bond donors (Lipinski definition) is 1. The molecule has 284 valence electrons. The Morgan fingerprint density at radius 3 is 1.43 bits per heavy atom. The minimum absolute atomic E-state index is 0.218. The van der Waals surface area contributed by atoms with E-state index in [2.05, 4.69) is 96.9 Å². The van der Waals surface area contributed by atoms with Gasteiger partial charge in [0.05, 0.1) is 0 Å². The van der Waals surface area contributed by atoms with E-state index in [0.29, 0.717) is 41.4 Å². The standard InChI is InChI=1S/C31H80O8Si8/c1-25(2)18-44(36-43-35-42-34-41-33-40)37-46(21-28(7)8,22-29(9)10)39-47(23-30(11)12,24-31(13)14)38-45(17-15-16-32,19-26(3)4)20-27(5)6/h25-32,44H,15-24,41-43H2,1-14,40H3. The zero-order valence-corrected chi connectivity index (χ0v) is 44.0. The van der Waals surface area contributed by atoms with E-state index >= 15 is 0 Å². The third-order valence-electron chi connectivity index (χ3n) is 7.72. The SMILES string of the molecule is CC(C)C[SiH](O[SiH2]O[SiH2]O[SiH2]O[SiH3])O[Si](CC(C)C)(CC(C)C)O[Si](CC(C)C)(CC(C)C)O[Si](CCCO)(CC(C)C)CC(C)C. The van der Waals surface area contributed by atoms with E-state index in [4.69, 9.17) is 28.8 Å². The van der Waals surface area contributed by atoms with Gasteiger partial charge in [0.25, 0.3) is 30.0 Å². The van der Waals surface area contributed by atoms with Crippen molar-refractivity contribution in [3.05, 3.63) is 0 Å². The van der Waals surface area contributed by atoms with Gasteiger partial charge in [0.1, 0.15) is 10.5 Å². The van der Waals surface area contributed by atoms with Crippen LogP contribution < -0.4 is 0 Å². The highest BCUT2D eigenvalue weighted by Crippen LogP contribution is 2.43. The largest absolute Gasteiger partial charge is 0.449 e. The van der Waals surface area contributed by atoms with Crippen molar-refractivity contribution < 1.29 is 33.9 Å². The summed E-state index contributed by atoms with van der Waals surface area (Å²) in [4.78, 5) is 0. The van der Waals surface area contributed by atoms with Crippen LogP contribution in [0, 0.1) is 41.4 Å². The van der Waals surface area contributed by atoms with Gasteiger partial charge in [-0.1, -0.05) is 96.9 Å². The molecule has 0 saturated carbocycles. The molecule has 47 heavy (non-hydrogen) atoms. The van der Waals surface area contributed by atoms with Gasteiger partial charge in [-0.3, -0.25) is 0 Å². The fourth-order valence-electron chi connectivity index (χ4n) is 7.20. The Bertz CT molecular complexity index is 748. The van der Waals surface area contributed by atoms with Crippen molar-refractivity contribution in [3.63, 3.8) is 0 Å². The first-order chi connectivity index (χ1) is 21.8. The molecule has 0 heterocycles. The highest BCUT2D eigenvalue weighted by molar-refractivity contribution is 6.90. The van der Waals surface area contributed by atoms with Crippen LogP contribution in [0.2, 0.25) is 48.4 Å². The summed E-state index contributed by atoms with van der Waals surface area (Å²) in [5.74, 6) is 3.35. The second kappa shape index (κ2) is 25.4. The summed E-state index contributed by atoms with van der Waals surface area (Å²) < 4.78 is 47.3. The van der Waals surface area contributed by atoms with E-state index in [-0.39, 0.29) is 6.61 Å². The molecular weight excluding hydrogens is 725 g/mol. The summed E-state index contributed by atoms with van der Waals surface area (Å²) in [6.07, 6.45) is 0.806. The van der Waals surface area contributed by atoms with Crippen LogP contribution >= 0.6 is 0 Å². The van der Waals surface area contributed by atoms with Crippen molar-refractivity contribution in [1.82, 2.24) is 0 Å². The maximum atomic E-state index is 10.1. The lowest BCUT2D eigenvalue weighted by molar-refractivity contribution is 0.257. The molecular formula is C31H80O8Si8. The lowest BCUT2D eigenvalue weighted by atomic mass is 10.3. The van der Waals surface area contributed by atoms with Crippen LogP contribution in [0.1, 0.15) is 103 Å². The van der Waals surface area contributed by atoms with Crippen molar-refractivity contribution >= 4 is 75.2 Å². The molecule has 0 aliphatic heterocycles. The molecule has 0 aliphatic carbocycles. The Hall–Kier alpha value is 1.42. The van der Waals surface area contributed by atoms with E-state index in [1.807, 2.05) is 0 Å². The quantitative estimate of drug-likeness (QED) is 0.0764. The highest BCUT2D eigenvalue weighted by atomic mass is 28.5. The second-order valence-electron chi connectivity index (χ2n) is 17.0. The first-order valence-corrected chi connectivity index (χ1v) is 31.8. The number of hydrogen-bond acceptors (Lipinski definition) is 8. The topological polar surface area (TPSA) is 84.8 Å². The molecule has 16 heteroatoms. The van der Waals surface area contributed by atoms with E-state index < -0.39 is 64.7 Å². The molecule has 0 aromatic carbocycles. The maximum absolute atomic E-state index is 10.1. The van der Waals surface area contributed by atoms with Crippen LogP contribution in [0.5, 0.6) is 0 Å². The molecule has 0 saturated heterocycles. The third-order valence-corrected chi connectivity index (χ3v) is 33.8. The second-order valence-corrected chi connectivity index (χ2v) is 37.5. The average Bonchev–Trinajstić information content (AvgIpc) is 2.86. The summed E-state index contributed by atoms with van der Waals surface area (Å²) in [6.45, 7) is 32.8. The molecule has 0 fully saturated rings. The Morgan fingerprint density at radius 2 is 1.02 bits per heavy atom. The fourth-order valence-corrected chi connectivity index (χ4v) is 38.3. The first-order valence-electron chi connectivity index (χ1n) is 18.8. The van der Waals surface area contributed by atoms with E-state index in [1.54, 1.807) is 0 Å². The summed E-state index contributed by atoms with van der Waals surface area (Å²) >= 11 is 0. The van der Waals surface area contributed by atoms with E-state index in [9.17, 15) is 5.11 Å². The predicted octanol–water partition coefficient (Wildman–Crippen LogP) is 5.40. The van der Waals surface area contributed by atoms with E-state index in [1.165, 1.54) is 0 Å². The van der Waals surface area contributed by atoms with Gasteiger partial charge in [-0.15, -0.1) is 0 Å². The normalized spacial score (nSPS) is 15.2. The lowest BCUT2D eigenvalue weighted by Crippen LogP contribution is -2.63. The molecule has 0 bridgehead atoms. The van der Waals surface area contributed by atoms with E-state index in [0.717, 1.165) is 65.3 Å². The smallest absolute Gasteiger partial charge is 0.320 e. The number of aliphatic hydroxyl groups excluding tert-OH is 1. The van der Waals surface area contributed by atoms with Crippen molar-refractivity contribution in [2.45, 2.75) is 152 Å². The molecule has 1 atom stereocenters.